The van der Waals surface area contributed by atoms with Crippen molar-refractivity contribution in [3.63, 3.8) is 0 Å². The summed E-state index contributed by atoms with van der Waals surface area (Å²) in [5.41, 5.74) is 5.43. The Morgan fingerprint density at radius 1 is 1.14 bits per heavy atom. The summed E-state index contributed by atoms with van der Waals surface area (Å²) in [5, 5.41) is 12.2. The van der Waals surface area contributed by atoms with Crippen LogP contribution in [0.1, 0.15) is 34.5 Å². The van der Waals surface area contributed by atoms with Crippen molar-refractivity contribution in [2.75, 3.05) is 19.8 Å². The Kier molecular flexibility index (Phi) is 7.15. The highest BCUT2D eigenvalue weighted by Crippen LogP contribution is 2.39. The number of nitrogens with one attached hydrogen (secondary N) is 1. The molecule has 4 heterocycles. The number of carbonyl (C=O) groups excluding carboxylic acids is 1. The predicted molar refractivity (Wildman–Crippen MR) is 163 cm³/mol. The number of ether oxygens (including phenoxy) is 1. The van der Waals surface area contributed by atoms with Crippen molar-refractivity contribution >= 4 is 34.1 Å². The molecule has 11 heteroatoms. The van der Waals surface area contributed by atoms with Gasteiger partial charge >= 0.3 is 6.09 Å². The lowest BCUT2D eigenvalue weighted by atomic mass is 10.0. The summed E-state index contributed by atoms with van der Waals surface area (Å²) in [5.74, 6) is 1.86. The van der Waals surface area contributed by atoms with Crippen LogP contribution >= 0.6 is 0 Å². The van der Waals surface area contributed by atoms with Gasteiger partial charge in [0.15, 0.2) is 11.5 Å². The minimum atomic E-state index is -1.32. The van der Waals surface area contributed by atoms with Crippen LogP contribution in [0.4, 0.5) is 9.18 Å². The van der Waals surface area contributed by atoms with Gasteiger partial charge in [0.25, 0.3) is 5.91 Å². The Morgan fingerprint density at radius 3 is 2.70 bits per heavy atom. The molecular weight excluding hydrogens is 563 g/mol. The zero-order chi connectivity index (χ0) is 30.4. The molecule has 0 radical (unpaired) electrons. The molecule has 3 aromatic heterocycles. The molecule has 1 fully saturated rings. The lowest BCUT2D eigenvalue weighted by molar-refractivity contribution is 0.0712. The molecule has 5 aromatic rings. The van der Waals surface area contributed by atoms with Crippen molar-refractivity contribution in [2.45, 2.75) is 38.5 Å². The zero-order valence-corrected chi connectivity index (χ0v) is 24.4. The summed E-state index contributed by atoms with van der Waals surface area (Å²) < 4.78 is 24.1. The van der Waals surface area contributed by atoms with Crippen molar-refractivity contribution in [3.8, 4) is 17.3 Å². The summed E-state index contributed by atoms with van der Waals surface area (Å²) in [6, 6.07) is 19.1. The van der Waals surface area contributed by atoms with E-state index in [9.17, 15) is 14.0 Å². The molecule has 0 bridgehead atoms. The summed E-state index contributed by atoms with van der Waals surface area (Å²) in [6.07, 6.45) is 1.53. The molecule has 2 N–H and O–H groups in total. The summed E-state index contributed by atoms with van der Waals surface area (Å²) >= 11 is 0. The number of pyridine rings is 1. The van der Waals surface area contributed by atoms with Crippen molar-refractivity contribution < 1.29 is 23.8 Å². The van der Waals surface area contributed by atoms with Crippen LogP contribution in [0.3, 0.4) is 0 Å². The van der Waals surface area contributed by atoms with Crippen LogP contribution in [-0.2, 0) is 26.6 Å². The maximum atomic E-state index is 13.5. The second-order valence-electron chi connectivity index (χ2n) is 11.7. The third-order valence-corrected chi connectivity index (χ3v) is 8.50. The molecule has 44 heavy (non-hydrogen) atoms. The number of fused-ring (bicyclic) bond motifs is 3. The van der Waals surface area contributed by atoms with Crippen LogP contribution in [0.5, 0.6) is 5.75 Å². The van der Waals surface area contributed by atoms with Gasteiger partial charge in [0, 0.05) is 38.5 Å². The number of carboxylic acid groups (broad SMARTS) is 1. The molecule has 2 aromatic carbocycles. The lowest BCUT2D eigenvalue weighted by Crippen LogP contribution is -2.48. The lowest BCUT2D eigenvalue weighted by Gasteiger charge is -2.30. The number of alkyl halides is 1. The fourth-order valence-electron chi connectivity index (χ4n) is 6.09. The van der Waals surface area contributed by atoms with Crippen molar-refractivity contribution in [1.82, 2.24) is 29.3 Å². The highest BCUT2D eigenvalue weighted by atomic mass is 19.1. The van der Waals surface area contributed by atoms with Gasteiger partial charge in [-0.25, -0.2) is 19.2 Å². The smallest absolute Gasteiger partial charge is 0.405 e. The number of carbonyl (C=O) groups is 2. The fourth-order valence-corrected chi connectivity index (χ4v) is 6.09. The van der Waals surface area contributed by atoms with E-state index in [0.29, 0.717) is 47.9 Å². The number of para-hydroxylation sites is 1. The highest BCUT2D eigenvalue weighted by Gasteiger charge is 2.31. The SMILES string of the molecule is Cn1c(-c2cc3cccc(OCc4ccccc4)c3n2CC2CC2)nc2cc3c(nc21)CCN(C[C@@H](CF)NC(=O)O)C3=O. The van der Waals surface area contributed by atoms with Gasteiger partial charge in [0.2, 0.25) is 0 Å². The van der Waals surface area contributed by atoms with E-state index >= 15 is 0 Å². The molecular formula is C33H33FN6O4. The number of halogens is 1. The van der Waals surface area contributed by atoms with E-state index in [2.05, 4.69) is 34.1 Å². The summed E-state index contributed by atoms with van der Waals surface area (Å²) in [4.78, 5) is 35.8. The van der Waals surface area contributed by atoms with Gasteiger partial charge in [-0.3, -0.25) is 4.79 Å². The number of aryl methyl sites for hydroxylation is 1. The molecule has 2 amide bonds. The van der Waals surface area contributed by atoms with Gasteiger partial charge in [-0.05, 0) is 42.5 Å². The molecule has 0 unspecified atom stereocenters. The average molecular weight is 597 g/mol. The number of aromatic nitrogens is 4. The number of benzene rings is 2. The topological polar surface area (TPSA) is 115 Å². The molecule has 226 valence electrons. The first-order valence-electron chi connectivity index (χ1n) is 14.9. The van der Waals surface area contributed by atoms with Crippen LogP contribution in [0.15, 0.2) is 60.7 Å². The van der Waals surface area contributed by atoms with Gasteiger partial charge in [-0.1, -0.05) is 42.5 Å². The quantitative estimate of drug-likeness (QED) is 0.230. The Balaban J connectivity index is 1.26. The fraction of sp³-hybridized carbons (Fsp3) is 0.333. The second-order valence-corrected chi connectivity index (χ2v) is 11.7. The molecule has 1 saturated carbocycles. The van der Waals surface area contributed by atoms with Crippen molar-refractivity contribution in [3.05, 3.63) is 77.5 Å². The Morgan fingerprint density at radius 2 is 1.95 bits per heavy atom. The van der Waals surface area contributed by atoms with Gasteiger partial charge in [-0.2, -0.15) is 0 Å². The molecule has 1 atom stereocenters. The number of rotatable bonds is 10. The monoisotopic (exact) mass is 596 g/mol. The molecule has 0 spiro atoms. The van der Waals surface area contributed by atoms with Gasteiger partial charge in [0.05, 0.1) is 28.5 Å². The minimum Gasteiger partial charge on any atom is -0.487 e. The largest absolute Gasteiger partial charge is 0.487 e. The van der Waals surface area contributed by atoms with Crippen LogP contribution in [0.2, 0.25) is 0 Å². The number of hydrogen-bond acceptors (Lipinski definition) is 5. The maximum absolute atomic E-state index is 13.5. The summed E-state index contributed by atoms with van der Waals surface area (Å²) in [6.45, 7) is 0.689. The third kappa shape index (κ3) is 5.23. The normalized spacial score (nSPS) is 15.5. The number of hydrogen-bond donors (Lipinski definition) is 2. The van der Waals surface area contributed by atoms with Crippen LogP contribution in [0, 0.1) is 5.92 Å². The van der Waals surface area contributed by atoms with E-state index in [1.165, 1.54) is 17.7 Å². The zero-order valence-electron chi connectivity index (χ0n) is 24.4. The first kappa shape index (κ1) is 27.9. The van der Waals surface area contributed by atoms with Crippen LogP contribution in [0.25, 0.3) is 33.6 Å². The summed E-state index contributed by atoms with van der Waals surface area (Å²) in [7, 11) is 1.94. The van der Waals surface area contributed by atoms with Crippen molar-refractivity contribution in [2.24, 2.45) is 13.0 Å². The Hall–Kier alpha value is -4.93. The van der Waals surface area contributed by atoms with E-state index in [1.54, 1.807) is 6.07 Å². The first-order chi connectivity index (χ1) is 21.4. The molecule has 2 aliphatic rings. The van der Waals surface area contributed by atoms with Gasteiger partial charge < -0.3 is 29.2 Å². The molecule has 1 aliphatic heterocycles. The Labute approximate surface area is 253 Å². The minimum absolute atomic E-state index is 0.0530. The van der Waals surface area contributed by atoms with Crippen molar-refractivity contribution in [1.29, 1.82) is 0 Å². The van der Waals surface area contributed by atoms with E-state index in [0.717, 1.165) is 40.3 Å². The third-order valence-electron chi connectivity index (χ3n) is 8.50. The number of amides is 2. The van der Waals surface area contributed by atoms with E-state index in [-0.39, 0.29) is 12.5 Å². The molecule has 7 rings (SSSR count). The van der Waals surface area contributed by atoms with Gasteiger partial charge in [0.1, 0.15) is 24.5 Å². The van der Waals surface area contributed by atoms with E-state index < -0.39 is 18.8 Å². The molecule has 1 aliphatic carbocycles. The number of nitrogens with zero attached hydrogens (tertiary/aromatic N) is 5. The second kappa shape index (κ2) is 11.3. The van der Waals surface area contributed by atoms with E-state index in [1.807, 2.05) is 41.9 Å². The average Bonchev–Trinajstić information content (AvgIpc) is 3.70. The Bertz CT molecular complexity index is 1880. The van der Waals surface area contributed by atoms with Crippen LogP contribution < -0.4 is 10.1 Å². The standard InChI is InChI=1S/C33H33FN6O4/c1-38-30-26(15-24-25(36-30)12-13-39(32(24)41)18-23(16-34)35-33(42)43)37-31(38)27-14-22-8-5-9-28(29(22)40(27)17-20-10-11-20)44-19-21-6-3-2-4-7-21/h2-9,14-15,20,23,35H,10-13,16-19H2,1H3,(H,42,43)/t23-/m1/s1. The van der Waals surface area contributed by atoms with E-state index in [4.69, 9.17) is 19.8 Å². The predicted octanol–water partition coefficient (Wildman–Crippen LogP) is 5.18. The van der Waals surface area contributed by atoms with Gasteiger partial charge in [-0.15, -0.1) is 0 Å². The highest BCUT2D eigenvalue weighted by molar-refractivity contribution is 5.99. The first-order valence-corrected chi connectivity index (χ1v) is 14.9. The maximum Gasteiger partial charge on any atom is 0.405 e. The number of imidazole rings is 1. The molecule has 10 nitrogen and oxygen atoms in total. The van der Waals surface area contributed by atoms with Crippen LogP contribution in [-0.4, -0.2) is 66.9 Å². The molecule has 0 saturated heterocycles.